The molecule has 2 aromatic carbocycles. The van der Waals surface area contributed by atoms with E-state index in [4.69, 9.17) is 0 Å². The minimum absolute atomic E-state index is 0. The number of fused-ring (bicyclic) bond motifs is 1. The van der Waals surface area contributed by atoms with Gasteiger partial charge in [0.15, 0.2) is 5.75 Å². The Morgan fingerprint density at radius 2 is 1.94 bits per heavy atom. The third kappa shape index (κ3) is 2.58. The minimum Gasteiger partial charge on any atom is -0.716 e. The van der Waals surface area contributed by atoms with Gasteiger partial charge in [0.1, 0.15) is 0 Å². The minimum atomic E-state index is -4.92. The van der Waals surface area contributed by atoms with Crippen LogP contribution in [0.2, 0.25) is 0 Å². The Labute approximate surface area is 105 Å². The largest absolute Gasteiger partial charge is 1.00 e. The molecule has 0 spiro atoms. The van der Waals surface area contributed by atoms with E-state index in [1.807, 2.05) is 0 Å². The number of hydrogen-bond donors (Lipinski definition) is 1. The lowest BCUT2D eigenvalue weighted by Gasteiger charge is -2.14. The molecule has 2 aromatic rings. The molecule has 94 valence electrons. The Bertz CT molecular complexity index is 701. The normalized spacial score (nSPS) is 11.2. The van der Waals surface area contributed by atoms with Gasteiger partial charge in [-0.25, -0.2) is 8.42 Å². The molecule has 0 radical (unpaired) electrons. The molecule has 1 amide bonds. The van der Waals surface area contributed by atoms with Crippen LogP contribution < -0.4 is 9.50 Å². The summed E-state index contributed by atoms with van der Waals surface area (Å²) in [6, 6.07) is 9.86. The van der Waals surface area contributed by atoms with Gasteiger partial charge in [-0.05, 0) is 11.5 Å². The van der Waals surface area contributed by atoms with Crippen molar-refractivity contribution in [1.82, 2.24) is 0 Å². The van der Waals surface area contributed by atoms with Crippen LogP contribution in [-0.4, -0.2) is 19.4 Å². The van der Waals surface area contributed by atoms with E-state index in [0.717, 1.165) is 0 Å². The summed E-state index contributed by atoms with van der Waals surface area (Å²) in [6.07, 6.45) is 0.369. The number of rotatable bonds is 4. The fraction of sp³-hybridized carbons (Fsp3) is 0. The topological polar surface area (TPSA) is 95.5 Å². The number of anilines is 1. The summed E-state index contributed by atoms with van der Waals surface area (Å²) in [5.74, 6) is -0.185. The molecule has 0 heterocycles. The molecule has 0 aromatic heterocycles. The first kappa shape index (κ1) is 12.3. The second kappa shape index (κ2) is 4.63. The van der Waals surface area contributed by atoms with Gasteiger partial charge in [-0.3, -0.25) is 4.79 Å². The first-order valence-electron chi connectivity index (χ1n) is 4.88. The van der Waals surface area contributed by atoms with Gasteiger partial charge in [0.05, 0.1) is 5.69 Å². The first-order valence-corrected chi connectivity index (χ1v) is 6.22. The predicted molar refractivity (Wildman–Crippen MR) is 65.1 cm³/mol. The maximum Gasteiger partial charge on any atom is 1.00 e. The highest BCUT2D eigenvalue weighted by Gasteiger charge is 2.11. The fourth-order valence-corrected chi connectivity index (χ4v) is 2.00. The molecule has 18 heavy (non-hydrogen) atoms. The van der Waals surface area contributed by atoms with Crippen LogP contribution >= 0.6 is 0 Å². The zero-order valence-corrected chi connectivity index (χ0v) is 9.81. The van der Waals surface area contributed by atoms with Crippen LogP contribution in [0.4, 0.5) is 5.69 Å². The smallest absolute Gasteiger partial charge is 0.716 e. The Balaban J connectivity index is 0.00000180. The molecule has 0 aliphatic heterocycles. The van der Waals surface area contributed by atoms with E-state index in [2.05, 4.69) is 9.50 Å². The number of hydrogen-bond acceptors (Lipinski definition) is 5. The van der Waals surface area contributed by atoms with Gasteiger partial charge in [0, 0.05) is 5.39 Å². The molecule has 1 N–H and O–H groups in total. The van der Waals surface area contributed by atoms with Gasteiger partial charge in [-0.1, -0.05) is 30.3 Å². The summed E-state index contributed by atoms with van der Waals surface area (Å²) in [6.45, 7) is 0. The summed E-state index contributed by atoms with van der Waals surface area (Å²) in [7, 11) is -4.92. The second-order valence-corrected chi connectivity index (χ2v) is 4.40. The molecular formula is C11H9NO5S. The van der Waals surface area contributed by atoms with E-state index in [0.29, 0.717) is 17.2 Å². The highest BCUT2D eigenvalue weighted by atomic mass is 32.3. The Morgan fingerprint density at radius 1 is 1.22 bits per heavy atom. The lowest BCUT2D eigenvalue weighted by molar-refractivity contribution is -0.105. The van der Waals surface area contributed by atoms with Crippen molar-refractivity contribution in [3.05, 3.63) is 36.4 Å². The number of nitrogens with one attached hydrogen (secondary N) is 1. The van der Waals surface area contributed by atoms with Crippen LogP contribution in [0.5, 0.6) is 5.75 Å². The summed E-state index contributed by atoms with van der Waals surface area (Å²) in [5, 5.41) is 3.39. The van der Waals surface area contributed by atoms with E-state index < -0.39 is 10.4 Å². The molecule has 0 atom stereocenters. The zero-order chi connectivity index (χ0) is 13.2. The molecule has 2 rings (SSSR count). The first-order chi connectivity index (χ1) is 8.51. The lowest BCUT2D eigenvalue weighted by Crippen LogP contribution is -2.09. The maximum atomic E-state index is 10.7. The number of benzene rings is 2. The fourth-order valence-electron chi connectivity index (χ4n) is 1.61. The van der Waals surface area contributed by atoms with Crippen LogP contribution in [0.25, 0.3) is 10.8 Å². The number of carbonyl (C=O) groups excluding carboxylic acids is 1. The van der Waals surface area contributed by atoms with Crippen molar-refractivity contribution in [3.8, 4) is 5.75 Å². The summed E-state index contributed by atoms with van der Waals surface area (Å²) < 4.78 is 36.5. The van der Waals surface area contributed by atoms with Crippen LogP contribution in [0.1, 0.15) is 1.43 Å². The quantitative estimate of drug-likeness (QED) is 0.512. The Kier molecular flexibility index (Phi) is 3.17. The summed E-state index contributed by atoms with van der Waals surface area (Å²) in [4.78, 5) is 10.4. The second-order valence-electron chi connectivity index (χ2n) is 3.42. The van der Waals surface area contributed by atoms with Gasteiger partial charge < -0.3 is 14.1 Å². The molecule has 0 bridgehead atoms. The third-order valence-corrected chi connectivity index (χ3v) is 2.65. The van der Waals surface area contributed by atoms with Crippen LogP contribution in [-0.2, 0) is 15.2 Å². The van der Waals surface area contributed by atoms with E-state index in [1.165, 1.54) is 6.07 Å². The van der Waals surface area contributed by atoms with Crippen LogP contribution in [0, 0.1) is 0 Å². The Hall–Kier alpha value is -2.12. The maximum absolute atomic E-state index is 10.7. The summed E-state index contributed by atoms with van der Waals surface area (Å²) >= 11 is 0. The van der Waals surface area contributed by atoms with Gasteiger partial charge in [-0.15, -0.1) is 0 Å². The molecular weight excluding hydrogens is 258 g/mol. The molecule has 0 unspecified atom stereocenters. The van der Waals surface area contributed by atoms with Crippen molar-refractivity contribution in [2.24, 2.45) is 0 Å². The van der Waals surface area contributed by atoms with Crippen molar-refractivity contribution in [1.29, 1.82) is 0 Å². The van der Waals surface area contributed by atoms with Gasteiger partial charge in [-0.2, -0.15) is 0 Å². The van der Waals surface area contributed by atoms with Crippen molar-refractivity contribution >= 4 is 33.3 Å². The lowest BCUT2D eigenvalue weighted by atomic mass is 10.1. The monoisotopic (exact) mass is 267 g/mol. The van der Waals surface area contributed by atoms with Gasteiger partial charge >= 0.3 is 1.43 Å². The molecule has 0 saturated carbocycles. The average Bonchev–Trinajstić information content (AvgIpc) is 2.31. The van der Waals surface area contributed by atoms with E-state index in [-0.39, 0.29) is 12.9 Å². The highest BCUT2D eigenvalue weighted by Crippen LogP contribution is 2.34. The van der Waals surface area contributed by atoms with Gasteiger partial charge in [0.25, 0.3) is 10.4 Å². The SMILES string of the molecule is O=CNc1ccc2ccccc2c1OS(=O)(=O)[O-].[H+]. The van der Waals surface area contributed by atoms with Crippen molar-refractivity contribution in [2.75, 3.05) is 5.32 Å². The zero-order valence-electron chi connectivity index (χ0n) is 9.99. The highest BCUT2D eigenvalue weighted by molar-refractivity contribution is 7.81. The molecule has 6 nitrogen and oxygen atoms in total. The van der Waals surface area contributed by atoms with Crippen molar-refractivity contribution in [2.45, 2.75) is 0 Å². The number of carbonyl (C=O) groups is 1. The molecule has 0 saturated heterocycles. The molecule has 0 aliphatic carbocycles. The molecule has 7 heteroatoms. The van der Waals surface area contributed by atoms with E-state index >= 15 is 0 Å². The standard InChI is InChI=1S/C11H9NO5S/c13-7-12-10-6-5-8-3-1-2-4-9(8)11(10)17-18(14,15)16/h1-7H,(H,12,13)(H,14,15,16). The van der Waals surface area contributed by atoms with Crippen LogP contribution in [0.3, 0.4) is 0 Å². The van der Waals surface area contributed by atoms with Crippen molar-refractivity contribution < 1.29 is 23.4 Å². The molecule has 0 aliphatic rings. The Morgan fingerprint density at radius 3 is 2.61 bits per heavy atom. The van der Waals surface area contributed by atoms with E-state index in [9.17, 15) is 17.8 Å². The number of amides is 1. The predicted octanol–water partition coefficient (Wildman–Crippen LogP) is 1.36. The van der Waals surface area contributed by atoms with Crippen molar-refractivity contribution in [3.63, 3.8) is 0 Å². The van der Waals surface area contributed by atoms with Gasteiger partial charge in [0.2, 0.25) is 6.41 Å². The molecule has 0 fully saturated rings. The summed E-state index contributed by atoms with van der Waals surface area (Å²) in [5.41, 5.74) is 0.114. The third-order valence-electron chi connectivity index (χ3n) is 2.28. The van der Waals surface area contributed by atoms with Crippen LogP contribution in [0.15, 0.2) is 36.4 Å². The average molecular weight is 267 g/mol. The van der Waals surface area contributed by atoms with E-state index in [1.54, 1.807) is 30.3 Å².